The number of carboxylic acids is 1. The van der Waals surface area contributed by atoms with Crippen LogP contribution in [0.2, 0.25) is 0 Å². The molecule has 2 atom stereocenters. The second kappa shape index (κ2) is 3.62. The maximum atomic E-state index is 11.1. The van der Waals surface area contributed by atoms with Crippen molar-refractivity contribution in [3.63, 3.8) is 0 Å². The van der Waals surface area contributed by atoms with Gasteiger partial charge in [-0.15, -0.1) is 0 Å². The molecule has 2 rings (SSSR count). The van der Waals surface area contributed by atoms with Crippen LogP contribution in [0.15, 0.2) is 24.5 Å². The summed E-state index contributed by atoms with van der Waals surface area (Å²) in [5, 5.41) is 12.4. The van der Waals surface area contributed by atoms with E-state index in [0.29, 0.717) is 6.42 Å². The largest absolute Gasteiger partial charge is 0.481 e. The molecule has 2 N–H and O–H groups in total. The van der Waals surface area contributed by atoms with Gasteiger partial charge in [-0.1, -0.05) is 0 Å². The number of hydrogen-bond acceptors (Lipinski definition) is 3. The highest BCUT2D eigenvalue weighted by Crippen LogP contribution is 2.35. The highest BCUT2D eigenvalue weighted by atomic mass is 16.4. The van der Waals surface area contributed by atoms with Crippen molar-refractivity contribution in [1.82, 2.24) is 10.3 Å². The highest BCUT2D eigenvalue weighted by Gasteiger charge is 2.44. The van der Waals surface area contributed by atoms with Gasteiger partial charge in [0.15, 0.2) is 0 Å². The van der Waals surface area contributed by atoms with Crippen LogP contribution >= 0.6 is 0 Å². The van der Waals surface area contributed by atoms with E-state index in [1.165, 1.54) is 0 Å². The third-order valence-corrected chi connectivity index (χ3v) is 3.20. The Morgan fingerprint density at radius 3 is 2.87 bits per heavy atom. The number of hydrogen-bond donors (Lipinski definition) is 2. The molecule has 2 heterocycles. The molecule has 0 amide bonds. The maximum Gasteiger partial charge on any atom is 0.308 e. The molecule has 2 unspecified atom stereocenters. The number of nitrogens with one attached hydrogen (secondary N) is 1. The molecule has 0 bridgehead atoms. The first-order valence-electron chi connectivity index (χ1n) is 5.03. The van der Waals surface area contributed by atoms with Crippen molar-refractivity contribution in [3.05, 3.63) is 30.1 Å². The van der Waals surface area contributed by atoms with Crippen LogP contribution in [-0.4, -0.2) is 22.6 Å². The van der Waals surface area contributed by atoms with E-state index in [9.17, 15) is 4.79 Å². The van der Waals surface area contributed by atoms with Crippen LogP contribution in [-0.2, 0) is 10.3 Å². The number of aliphatic carboxylic acids is 1. The van der Waals surface area contributed by atoms with E-state index in [1.807, 2.05) is 19.1 Å². The van der Waals surface area contributed by atoms with Gasteiger partial charge in [0.05, 0.1) is 11.5 Å². The van der Waals surface area contributed by atoms with E-state index < -0.39 is 11.5 Å². The normalized spacial score (nSPS) is 30.3. The van der Waals surface area contributed by atoms with Gasteiger partial charge in [0.2, 0.25) is 0 Å². The molecule has 0 aromatic carbocycles. The van der Waals surface area contributed by atoms with Gasteiger partial charge in [0.25, 0.3) is 0 Å². The lowest BCUT2D eigenvalue weighted by Gasteiger charge is -2.29. The Morgan fingerprint density at radius 1 is 1.60 bits per heavy atom. The summed E-state index contributed by atoms with van der Waals surface area (Å²) in [4.78, 5) is 15.1. The Labute approximate surface area is 88.3 Å². The minimum Gasteiger partial charge on any atom is -0.481 e. The molecule has 1 saturated heterocycles. The van der Waals surface area contributed by atoms with Crippen molar-refractivity contribution in [3.8, 4) is 0 Å². The van der Waals surface area contributed by atoms with E-state index in [0.717, 1.165) is 12.1 Å². The van der Waals surface area contributed by atoms with E-state index in [2.05, 4.69) is 10.3 Å². The van der Waals surface area contributed by atoms with Gasteiger partial charge < -0.3 is 10.4 Å². The highest BCUT2D eigenvalue weighted by molar-refractivity contribution is 5.72. The summed E-state index contributed by atoms with van der Waals surface area (Å²) in [5.74, 6) is -1.10. The van der Waals surface area contributed by atoms with Gasteiger partial charge in [-0.25, -0.2) is 0 Å². The molecule has 4 nitrogen and oxygen atoms in total. The van der Waals surface area contributed by atoms with Crippen LogP contribution in [0, 0.1) is 5.92 Å². The molecule has 4 heteroatoms. The first kappa shape index (κ1) is 10.1. The van der Waals surface area contributed by atoms with Crippen LogP contribution in [0.4, 0.5) is 0 Å². The lowest BCUT2D eigenvalue weighted by molar-refractivity contribution is -0.143. The van der Waals surface area contributed by atoms with Crippen molar-refractivity contribution in [2.45, 2.75) is 18.9 Å². The van der Waals surface area contributed by atoms with Gasteiger partial charge in [-0.3, -0.25) is 9.78 Å². The van der Waals surface area contributed by atoms with E-state index >= 15 is 0 Å². The fraction of sp³-hybridized carbons (Fsp3) is 0.455. The minimum absolute atomic E-state index is 0.361. The number of carbonyl (C=O) groups is 1. The second-order valence-electron chi connectivity index (χ2n) is 4.04. The van der Waals surface area contributed by atoms with Crippen molar-refractivity contribution in [1.29, 1.82) is 0 Å². The van der Waals surface area contributed by atoms with Crippen LogP contribution < -0.4 is 5.32 Å². The van der Waals surface area contributed by atoms with Crippen molar-refractivity contribution >= 4 is 5.97 Å². The summed E-state index contributed by atoms with van der Waals surface area (Å²) in [6.45, 7) is 2.68. The lowest BCUT2D eigenvalue weighted by Crippen LogP contribution is -2.41. The molecule has 80 valence electrons. The van der Waals surface area contributed by atoms with Gasteiger partial charge in [0, 0.05) is 12.4 Å². The molecular formula is C11H14N2O2. The zero-order valence-corrected chi connectivity index (χ0v) is 8.60. The Kier molecular flexibility index (Phi) is 2.44. The second-order valence-corrected chi connectivity index (χ2v) is 4.04. The monoisotopic (exact) mass is 206 g/mol. The molecule has 1 aliphatic rings. The van der Waals surface area contributed by atoms with Crippen LogP contribution in [0.3, 0.4) is 0 Å². The van der Waals surface area contributed by atoms with E-state index in [4.69, 9.17) is 5.11 Å². The Balaban J connectivity index is 2.37. The third-order valence-electron chi connectivity index (χ3n) is 3.20. The molecule has 0 saturated carbocycles. The van der Waals surface area contributed by atoms with Gasteiger partial charge in [0.1, 0.15) is 0 Å². The van der Waals surface area contributed by atoms with Crippen LogP contribution in [0.1, 0.15) is 18.9 Å². The van der Waals surface area contributed by atoms with Gasteiger partial charge in [-0.2, -0.15) is 0 Å². The molecule has 1 aliphatic heterocycles. The first-order chi connectivity index (χ1) is 7.14. The van der Waals surface area contributed by atoms with Crippen molar-refractivity contribution in [2.75, 3.05) is 6.54 Å². The molecule has 1 fully saturated rings. The summed E-state index contributed by atoms with van der Waals surface area (Å²) < 4.78 is 0. The molecule has 0 aliphatic carbocycles. The number of nitrogens with zero attached hydrogens (tertiary/aromatic N) is 1. The fourth-order valence-corrected chi connectivity index (χ4v) is 2.26. The Bertz CT molecular complexity index is 366. The minimum atomic E-state index is -0.737. The van der Waals surface area contributed by atoms with Crippen LogP contribution in [0.25, 0.3) is 0 Å². The smallest absolute Gasteiger partial charge is 0.308 e. The number of aromatic nitrogens is 1. The fourth-order valence-electron chi connectivity index (χ4n) is 2.26. The van der Waals surface area contributed by atoms with E-state index in [-0.39, 0.29) is 5.92 Å². The Morgan fingerprint density at radius 2 is 2.27 bits per heavy atom. The number of rotatable bonds is 2. The predicted octanol–water partition coefficient (Wildman–Crippen LogP) is 0.991. The standard InChI is InChI=1S/C11H14N2O2/c1-11(8-2-5-12-6-3-8)9(10(14)15)4-7-13-11/h2-3,5-6,9,13H,4,7H2,1H3,(H,14,15). The number of carboxylic acid groups (broad SMARTS) is 1. The predicted molar refractivity (Wildman–Crippen MR) is 55.3 cm³/mol. The van der Waals surface area contributed by atoms with E-state index in [1.54, 1.807) is 12.4 Å². The third kappa shape index (κ3) is 1.61. The van der Waals surface area contributed by atoms with Gasteiger partial charge >= 0.3 is 5.97 Å². The summed E-state index contributed by atoms with van der Waals surface area (Å²) >= 11 is 0. The Hall–Kier alpha value is -1.42. The SMILES string of the molecule is CC1(c2ccncc2)NCCC1C(=O)O. The number of pyridine rings is 1. The average Bonchev–Trinajstić information content (AvgIpc) is 2.63. The first-order valence-corrected chi connectivity index (χ1v) is 5.03. The maximum absolute atomic E-state index is 11.1. The zero-order chi connectivity index (χ0) is 10.9. The molecular weight excluding hydrogens is 192 g/mol. The van der Waals surface area contributed by atoms with Crippen molar-refractivity contribution < 1.29 is 9.90 Å². The molecule has 15 heavy (non-hydrogen) atoms. The quantitative estimate of drug-likeness (QED) is 0.757. The topological polar surface area (TPSA) is 62.2 Å². The zero-order valence-electron chi connectivity index (χ0n) is 8.60. The lowest BCUT2D eigenvalue weighted by atomic mass is 9.81. The molecule has 0 spiro atoms. The van der Waals surface area contributed by atoms with Gasteiger partial charge in [-0.05, 0) is 37.6 Å². The van der Waals surface area contributed by atoms with Crippen molar-refractivity contribution in [2.24, 2.45) is 5.92 Å². The molecule has 1 aromatic heterocycles. The molecule has 0 radical (unpaired) electrons. The summed E-state index contributed by atoms with van der Waals surface area (Å²) in [7, 11) is 0. The summed E-state index contributed by atoms with van der Waals surface area (Å²) in [6.07, 6.45) is 4.06. The average molecular weight is 206 g/mol. The van der Waals surface area contributed by atoms with Crippen LogP contribution in [0.5, 0.6) is 0 Å². The summed E-state index contributed by atoms with van der Waals surface area (Å²) in [5.41, 5.74) is 0.525. The molecule has 1 aromatic rings. The summed E-state index contributed by atoms with van der Waals surface area (Å²) in [6, 6.07) is 3.74.